The Labute approximate surface area is 111 Å². The van der Waals surface area contributed by atoms with Crippen molar-refractivity contribution in [1.29, 1.82) is 0 Å². The van der Waals surface area contributed by atoms with Crippen molar-refractivity contribution in [3.8, 4) is 0 Å². The lowest BCUT2D eigenvalue weighted by molar-refractivity contribution is -0.133. The van der Waals surface area contributed by atoms with Crippen molar-refractivity contribution in [2.45, 2.75) is 6.42 Å². The lowest BCUT2D eigenvalue weighted by Gasteiger charge is -2.34. The van der Waals surface area contributed by atoms with Crippen molar-refractivity contribution < 1.29 is 14.7 Å². The zero-order valence-electron chi connectivity index (χ0n) is 10.7. The first kappa shape index (κ1) is 13.5. The molecule has 0 aromatic carbocycles. The average Bonchev–Trinajstić information content (AvgIpc) is 2.48. The Kier molecular flexibility index (Phi) is 4.46. The van der Waals surface area contributed by atoms with Crippen LogP contribution in [0.15, 0.2) is 24.5 Å². The molecule has 1 N–H and O–H groups in total. The smallest absolute Gasteiger partial charge is 0.255 e. The maximum absolute atomic E-state index is 12.1. The Balaban J connectivity index is 1.90. The molecule has 0 unspecified atom stereocenters. The van der Waals surface area contributed by atoms with Crippen LogP contribution in [0.25, 0.3) is 0 Å². The van der Waals surface area contributed by atoms with E-state index in [4.69, 9.17) is 5.11 Å². The zero-order chi connectivity index (χ0) is 13.7. The minimum atomic E-state index is -0.131. The third-order valence-electron chi connectivity index (χ3n) is 3.15. The first-order chi connectivity index (χ1) is 9.22. The lowest BCUT2D eigenvalue weighted by atomic mass is 10.2. The van der Waals surface area contributed by atoms with E-state index in [2.05, 4.69) is 4.98 Å². The molecule has 0 bridgehead atoms. The fourth-order valence-electron chi connectivity index (χ4n) is 2.08. The number of carbonyl (C=O) groups is 2. The second-order valence-electron chi connectivity index (χ2n) is 4.39. The van der Waals surface area contributed by atoms with Crippen LogP contribution in [0.5, 0.6) is 0 Å². The number of amides is 2. The number of aliphatic hydroxyl groups is 1. The van der Waals surface area contributed by atoms with Gasteiger partial charge < -0.3 is 14.9 Å². The van der Waals surface area contributed by atoms with Gasteiger partial charge in [-0.25, -0.2) is 0 Å². The quantitative estimate of drug-likeness (QED) is 0.816. The van der Waals surface area contributed by atoms with Gasteiger partial charge in [-0.3, -0.25) is 14.6 Å². The molecule has 0 radical (unpaired) electrons. The van der Waals surface area contributed by atoms with Crippen molar-refractivity contribution in [2.75, 3.05) is 32.8 Å². The summed E-state index contributed by atoms with van der Waals surface area (Å²) >= 11 is 0. The number of aromatic nitrogens is 1. The van der Waals surface area contributed by atoms with Crippen molar-refractivity contribution in [2.24, 2.45) is 0 Å². The number of aliphatic hydroxyl groups excluding tert-OH is 1. The molecule has 1 aromatic heterocycles. The van der Waals surface area contributed by atoms with Crippen molar-refractivity contribution in [3.63, 3.8) is 0 Å². The van der Waals surface area contributed by atoms with E-state index in [1.165, 1.54) is 0 Å². The third-order valence-corrected chi connectivity index (χ3v) is 3.15. The SMILES string of the molecule is O=C(CCO)N1CCN(C(=O)c2cccnc2)CC1. The molecule has 1 aliphatic heterocycles. The maximum Gasteiger partial charge on any atom is 0.255 e. The average molecular weight is 263 g/mol. The van der Waals surface area contributed by atoms with Crippen molar-refractivity contribution >= 4 is 11.8 Å². The summed E-state index contributed by atoms with van der Waals surface area (Å²) in [6.45, 7) is 1.94. The standard InChI is InChI=1S/C13H17N3O3/c17-9-3-12(18)15-5-7-16(8-6-15)13(19)11-2-1-4-14-10-11/h1-2,4,10,17H,3,5-9H2. The molecule has 1 saturated heterocycles. The van der Waals surface area contributed by atoms with E-state index in [0.29, 0.717) is 31.7 Å². The molecule has 1 fully saturated rings. The molecule has 2 heterocycles. The van der Waals surface area contributed by atoms with Crippen LogP contribution in [0.1, 0.15) is 16.8 Å². The van der Waals surface area contributed by atoms with Gasteiger partial charge in [-0.15, -0.1) is 0 Å². The van der Waals surface area contributed by atoms with Gasteiger partial charge in [-0.2, -0.15) is 0 Å². The number of piperazine rings is 1. The van der Waals surface area contributed by atoms with E-state index >= 15 is 0 Å². The number of hydrogen-bond donors (Lipinski definition) is 1. The molecule has 1 aromatic rings. The molecule has 19 heavy (non-hydrogen) atoms. The molecule has 0 saturated carbocycles. The van der Waals surface area contributed by atoms with E-state index in [0.717, 1.165) is 0 Å². The van der Waals surface area contributed by atoms with Gasteiger partial charge in [0.15, 0.2) is 0 Å². The molecule has 6 nitrogen and oxygen atoms in total. The van der Waals surface area contributed by atoms with Gasteiger partial charge in [-0.1, -0.05) is 0 Å². The fourth-order valence-corrected chi connectivity index (χ4v) is 2.08. The first-order valence-corrected chi connectivity index (χ1v) is 6.30. The van der Waals surface area contributed by atoms with E-state index in [-0.39, 0.29) is 24.8 Å². The molecular formula is C13H17N3O3. The molecule has 0 atom stereocenters. The summed E-state index contributed by atoms with van der Waals surface area (Å²) in [7, 11) is 0. The van der Waals surface area contributed by atoms with E-state index in [1.54, 1.807) is 34.3 Å². The third kappa shape index (κ3) is 3.29. The normalized spacial score (nSPS) is 15.4. The van der Waals surface area contributed by atoms with Gasteiger partial charge in [0.1, 0.15) is 0 Å². The predicted octanol–water partition coefficient (Wildman–Crippen LogP) is -0.252. The van der Waals surface area contributed by atoms with Crippen LogP contribution in [0.4, 0.5) is 0 Å². The Hall–Kier alpha value is -1.95. The number of nitrogens with zero attached hydrogens (tertiary/aromatic N) is 3. The summed E-state index contributed by atoms with van der Waals surface area (Å²) in [6, 6.07) is 3.47. The Morgan fingerprint density at radius 3 is 2.47 bits per heavy atom. The van der Waals surface area contributed by atoms with Crippen LogP contribution >= 0.6 is 0 Å². The summed E-state index contributed by atoms with van der Waals surface area (Å²) in [5.74, 6) is -0.113. The summed E-state index contributed by atoms with van der Waals surface area (Å²) < 4.78 is 0. The van der Waals surface area contributed by atoms with Crippen LogP contribution in [0.3, 0.4) is 0 Å². The molecule has 1 aliphatic rings. The minimum absolute atomic E-state index is 0.0534. The van der Waals surface area contributed by atoms with Gasteiger partial charge in [0.25, 0.3) is 5.91 Å². The highest BCUT2D eigenvalue weighted by molar-refractivity contribution is 5.94. The molecule has 0 aliphatic carbocycles. The molecule has 2 rings (SSSR count). The van der Waals surface area contributed by atoms with Crippen molar-refractivity contribution in [1.82, 2.24) is 14.8 Å². The van der Waals surface area contributed by atoms with Crippen LogP contribution in [0, 0.1) is 0 Å². The van der Waals surface area contributed by atoms with Crippen LogP contribution in [-0.4, -0.2) is 64.5 Å². The molecule has 6 heteroatoms. The van der Waals surface area contributed by atoms with Gasteiger partial charge in [0, 0.05) is 45.0 Å². The van der Waals surface area contributed by atoms with Crippen LogP contribution < -0.4 is 0 Å². The van der Waals surface area contributed by atoms with Gasteiger partial charge in [-0.05, 0) is 12.1 Å². The molecular weight excluding hydrogens is 246 g/mol. The van der Waals surface area contributed by atoms with E-state index in [9.17, 15) is 9.59 Å². The number of carbonyl (C=O) groups excluding carboxylic acids is 2. The second kappa shape index (κ2) is 6.29. The van der Waals surface area contributed by atoms with Gasteiger partial charge in [0.05, 0.1) is 12.2 Å². The molecule has 0 spiro atoms. The minimum Gasteiger partial charge on any atom is -0.396 e. The molecule has 102 valence electrons. The number of pyridine rings is 1. The highest BCUT2D eigenvalue weighted by atomic mass is 16.3. The summed E-state index contributed by atoms with van der Waals surface area (Å²) in [6.07, 6.45) is 3.32. The van der Waals surface area contributed by atoms with E-state index < -0.39 is 0 Å². The van der Waals surface area contributed by atoms with Crippen LogP contribution in [-0.2, 0) is 4.79 Å². The topological polar surface area (TPSA) is 73.7 Å². The summed E-state index contributed by atoms with van der Waals surface area (Å²) in [5.41, 5.74) is 0.567. The largest absolute Gasteiger partial charge is 0.396 e. The number of hydrogen-bond acceptors (Lipinski definition) is 4. The van der Waals surface area contributed by atoms with E-state index in [1.807, 2.05) is 0 Å². The maximum atomic E-state index is 12.1. The monoisotopic (exact) mass is 263 g/mol. The van der Waals surface area contributed by atoms with Crippen molar-refractivity contribution in [3.05, 3.63) is 30.1 Å². The summed E-state index contributed by atoms with van der Waals surface area (Å²) in [5, 5.41) is 8.74. The first-order valence-electron chi connectivity index (χ1n) is 6.30. The lowest BCUT2D eigenvalue weighted by Crippen LogP contribution is -2.50. The Bertz CT molecular complexity index is 442. The Morgan fingerprint density at radius 1 is 1.21 bits per heavy atom. The predicted molar refractivity (Wildman–Crippen MR) is 68.4 cm³/mol. The fraction of sp³-hybridized carbons (Fsp3) is 0.462. The van der Waals surface area contributed by atoms with Gasteiger partial charge >= 0.3 is 0 Å². The highest BCUT2D eigenvalue weighted by Gasteiger charge is 2.24. The van der Waals surface area contributed by atoms with Crippen LogP contribution in [0.2, 0.25) is 0 Å². The second-order valence-corrected chi connectivity index (χ2v) is 4.39. The summed E-state index contributed by atoms with van der Waals surface area (Å²) in [4.78, 5) is 31.1. The highest BCUT2D eigenvalue weighted by Crippen LogP contribution is 2.08. The Morgan fingerprint density at radius 2 is 1.89 bits per heavy atom. The van der Waals surface area contributed by atoms with Gasteiger partial charge in [0.2, 0.25) is 5.91 Å². The number of rotatable bonds is 3. The molecule has 2 amide bonds. The zero-order valence-corrected chi connectivity index (χ0v) is 10.7.